The Morgan fingerprint density at radius 1 is 0.348 bits per heavy atom. The Kier molecular flexibility index (Phi) is 8.48. The summed E-state index contributed by atoms with van der Waals surface area (Å²) < 4.78 is 5.15. The van der Waals surface area contributed by atoms with Gasteiger partial charge < -0.3 is 4.57 Å². The fourth-order valence-electron chi connectivity index (χ4n) is 11.3. The molecule has 1 aliphatic rings. The second-order valence-electron chi connectivity index (χ2n) is 17.5. The molecule has 0 aliphatic carbocycles. The summed E-state index contributed by atoms with van der Waals surface area (Å²) in [7, 11) is -3.19. The first-order valence-corrected chi connectivity index (χ1v) is 26.3. The summed E-state index contributed by atoms with van der Waals surface area (Å²) in [6.07, 6.45) is 0. The van der Waals surface area contributed by atoms with Gasteiger partial charge in [0.05, 0.1) is 16.7 Å². The van der Waals surface area contributed by atoms with E-state index in [-0.39, 0.29) is 0 Å². The van der Waals surface area contributed by atoms with Crippen LogP contribution in [0, 0.1) is 0 Å². The number of fused-ring (bicyclic) bond motifs is 10. The van der Waals surface area contributed by atoms with Crippen LogP contribution in [0.3, 0.4) is 0 Å². The van der Waals surface area contributed by atoms with Crippen molar-refractivity contribution in [1.29, 1.82) is 0 Å². The summed E-state index contributed by atoms with van der Waals surface area (Å²) in [5.74, 6) is 0. The summed E-state index contributed by atoms with van der Waals surface area (Å²) in [5.41, 5.74) is 8.63. The summed E-state index contributed by atoms with van der Waals surface area (Å²) in [5, 5.41) is 16.0. The molecule has 14 rings (SSSR count). The van der Waals surface area contributed by atoms with Crippen LogP contribution < -0.4 is 20.7 Å². The average Bonchev–Trinajstić information content (AvgIpc) is 3.93. The number of nitrogens with zero attached hydrogens (tertiary/aromatic N) is 1. The molecule has 0 spiro atoms. The molecule has 1 nitrogen and oxygen atoms in total. The normalized spacial score (nSPS) is 14.7. The van der Waals surface area contributed by atoms with Crippen molar-refractivity contribution in [3.05, 3.63) is 237 Å². The molecule has 1 unspecified atom stereocenters. The third-order valence-electron chi connectivity index (χ3n) is 14.1. The fraction of sp³-hybridized carbons (Fsp3) is 0. The monoisotopic (exact) mass is 889 g/mol. The third-order valence-corrected chi connectivity index (χ3v) is 21.7. The first-order chi connectivity index (χ1) is 32.7. The van der Waals surface area contributed by atoms with Crippen LogP contribution in [-0.4, -0.2) is 12.6 Å². The highest BCUT2D eigenvalue weighted by atomic mass is 32.2. The van der Waals surface area contributed by atoms with Crippen LogP contribution in [0.15, 0.2) is 246 Å². The molecule has 3 heterocycles. The van der Waals surface area contributed by atoms with Gasteiger partial charge in [-0.1, -0.05) is 200 Å². The van der Waals surface area contributed by atoms with Gasteiger partial charge in [-0.25, -0.2) is 0 Å². The number of hydrogen-bond donors (Lipinski definition) is 0. The van der Waals surface area contributed by atoms with Crippen LogP contribution in [-0.2, 0) is 0 Å². The van der Waals surface area contributed by atoms with Crippen LogP contribution in [0.4, 0.5) is 0 Å². The molecule has 0 saturated heterocycles. The summed E-state index contributed by atoms with van der Waals surface area (Å²) in [6, 6.07) is 89.6. The molecule has 2 aromatic heterocycles. The first kappa shape index (κ1) is 37.9. The van der Waals surface area contributed by atoms with Gasteiger partial charge in [0.25, 0.3) is 0 Å². The molecule has 66 heavy (non-hydrogen) atoms. The molecule has 0 radical (unpaired) electrons. The zero-order valence-electron chi connectivity index (χ0n) is 35.8. The van der Waals surface area contributed by atoms with E-state index in [4.69, 9.17) is 0 Å². The van der Waals surface area contributed by atoms with E-state index < -0.39 is 8.07 Å². The van der Waals surface area contributed by atoms with Crippen LogP contribution in [0.25, 0.3) is 91.5 Å². The highest BCUT2D eigenvalue weighted by Crippen LogP contribution is 2.41. The summed E-state index contributed by atoms with van der Waals surface area (Å²) in [4.78, 5) is 2.67. The molecule has 308 valence electrons. The Morgan fingerprint density at radius 3 is 1.80 bits per heavy atom. The maximum atomic E-state index is 2.59. The van der Waals surface area contributed by atoms with Crippen LogP contribution in [0.1, 0.15) is 0 Å². The average molecular weight is 890 g/mol. The largest absolute Gasteiger partial charge is 0.309 e. The van der Waals surface area contributed by atoms with Gasteiger partial charge in [-0.2, -0.15) is 0 Å². The Morgan fingerprint density at radius 2 is 0.955 bits per heavy atom. The maximum absolute atomic E-state index is 3.19. The van der Waals surface area contributed by atoms with Gasteiger partial charge in [0, 0.05) is 46.1 Å². The summed E-state index contributed by atoms with van der Waals surface area (Å²) >= 11 is 3.83. The predicted octanol–water partition coefficient (Wildman–Crippen LogP) is 14.6. The molecule has 1 aliphatic heterocycles. The lowest BCUT2D eigenvalue weighted by Crippen LogP contribution is -2.77. The summed E-state index contributed by atoms with van der Waals surface area (Å²) in [6.45, 7) is 0. The smallest absolute Gasteiger partial charge is 0.183 e. The van der Waals surface area contributed by atoms with Crippen molar-refractivity contribution in [3.8, 4) is 27.9 Å². The van der Waals surface area contributed by atoms with E-state index in [9.17, 15) is 0 Å². The zero-order chi connectivity index (χ0) is 43.3. The maximum Gasteiger partial charge on any atom is 0.183 e. The molecule has 0 saturated carbocycles. The van der Waals surface area contributed by atoms with Gasteiger partial charge in [0.1, 0.15) is 0 Å². The lowest BCUT2D eigenvalue weighted by Gasteiger charge is -2.42. The van der Waals surface area contributed by atoms with E-state index in [1.807, 2.05) is 23.1 Å². The lowest BCUT2D eigenvalue weighted by molar-refractivity contribution is 1.20. The third kappa shape index (κ3) is 5.53. The van der Waals surface area contributed by atoms with Gasteiger partial charge in [-0.05, 0) is 108 Å². The number of hydrogen-bond acceptors (Lipinski definition) is 2. The van der Waals surface area contributed by atoms with Crippen molar-refractivity contribution in [3.63, 3.8) is 0 Å². The molecule has 0 N–H and O–H groups in total. The first-order valence-electron chi connectivity index (χ1n) is 22.7. The highest BCUT2D eigenvalue weighted by molar-refractivity contribution is 8.00. The van der Waals surface area contributed by atoms with E-state index in [1.165, 1.54) is 122 Å². The number of para-hydroxylation sites is 2. The second-order valence-corrected chi connectivity index (χ2v) is 23.3. The van der Waals surface area contributed by atoms with Crippen molar-refractivity contribution in [2.24, 2.45) is 0 Å². The molecule has 1 atom stereocenters. The SMILES string of the molecule is c1ccc2c(c1)Sc1cccc(-c3ccc(-c4ccc5ccccc5c4)cc3)c1[Si]2(c1ccc2sc3ccccc3c2c1)c1cccc2c(-n3c4ccccc4c4ccccc43)cccc12. The zero-order valence-corrected chi connectivity index (χ0v) is 38.4. The molecule has 13 aromatic rings. The van der Waals surface area contributed by atoms with Crippen LogP contribution >= 0.6 is 23.1 Å². The van der Waals surface area contributed by atoms with Gasteiger partial charge in [-0.15, -0.1) is 11.3 Å². The second kappa shape index (κ2) is 14.8. The standard InChI is InChI=1S/C62H39NS2Si/c1-2-15-43-38-44(35-32-40(43)14-1)41-30-33-42(34-31-41)46-19-12-27-59-62(46)66(61-28-10-9-26-58(61)65-59,45-36-37-57-52(39-45)50-18-5-8-25-56(50)64-57)60-29-13-20-49-51(60)21-11-24-55(49)63-53-22-6-3-16-47(53)48-17-4-7-23-54(48)63/h1-39H. The van der Waals surface area contributed by atoms with Crippen molar-refractivity contribution in [2.45, 2.75) is 9.79 Å². The lowest BCUT2D eigenvalue weighted by atomic mass is 9.98. The molecule has 0 amide bonds. The minimum atomic E-state index is -3.19. The molecule has 0 bridgehead atoms. The number of benzene rings is 11. The van der Waals surface area contributed by atoms with Gasteiger partial charge in [0.15, 0.2) is 8.07 Å². The Labute approximate surface area is 391 Å². The predicted molar refractivity (Wildman–Crippen MR) is 287 cm³/mol. The Bertz CT molecular complexity index is 4050. The highest BCUT2D eigenvalue weighted by Gasteiger charge is 2.49. The van der Waals surface area contributed by atoms with E-state index in [1.54, 1.807) is 0 Å². The van der Waals surface area contributed by atoms with E-state index in [2.05, 4.69) is 241 Å². The molecule has 11 aromatic carbocycles. The van der Waals surface area contributed by atoms with Crippen LogP contribution in [0.2, 0.25) is 0 Å². The quantitative estimate of drug-likeness (QED) is 0.156. The molecular formula is C62H39NS2Si. The Balaban J connectivity index is 1.08. The minimum absolute atomic E-state index is 1.20. The van der Waals surface area contributed by atoms with Crippen molar-refractivity contribution in [1.82, 2.24) is 4.57 Å². The van der Waals surface area contributed by atoms with Gasteiger partial charge in [-0.3, -0.25) is 0 Å². The molecule has 0 fully saturated rings. The van der Waals surface area contributed by atoms with Gasteiger partial charge >= 0.3 is 0 Å². The molecule has 4 heteroatoms. The van der Waals surface area contributed by atoms with Crippen molar-refractivity contribution >= 4 is 115 Å². The van der Waals surface area contributed by atoms with E-state index in [0.29, 0.717) is 0 Å². The van der Waals surface area contributed by atoms with Gasteiger partial charge in [0.2, 0.25) is 0 Å². The van der Waals surface area contributed by atoms with E-state index in [0.717, 1.165) is 0 Å². The topological polar surface area (TPSA) is 4.93 Å². The van der Waals surface area contributed by atoms with E-state index >= 15 is 0 Å². The number of thiophene rings is 1. The number of rotatable bonds is 5. The van der Waals surface area contributed by atoms with Crippen LogP contribution in [0.5, 0.6) is 0 Å². The fourth-order valence-corrected chi connectivity index (χ4v) is 19.8. The Hall–Kier alpha value is -7.47. The number of aromatic nitrogens is 1. The van der Waals surface area contributed by atoms with Crippen molar-refractivity contribution < 1.29 is 0 Å². The van der Waals surface area contributed by atoms with Crippen molar-refractivity contribution in [2.75, 3.05) is 0 Å². The minimum Gasteiger partial charge on any atom is -0.309 e. The molecular weight excluding hydrogens is 851 g/mol.